The summed E-state index contributed by atoms with van der Waals surface area (Å²) < 4.78 is 54.3. The van der Waals surface area contributed by atoms with Crippen LogP contribution in [-0.2, 0) is 19.4 Å². The van der Waals surface area contributed by atoms with Gasteiger partial charge in [-0.1, -0.05) is 6.92 Å². The van der Waals surface area contributed by atoms with Crippen LogP contribution in [0.4, 0.5) is 8.78 Å². The van der Waals surface area contributed by atoms with E-state index < -0.39 is 39.1 Å². The van der Waals surface area contributed by atoms with Gasteiger partial charge in [-0.3, -0.25) is 4.79 Å². The van der Waals surface area contributed by atoms with Crippen LogP contribution in [0, 0.1) is 17.6 Å². The molecular weight excluding hydrogens is 278 g/mol. The standard InChI is InChI=1S/C12H14F2O4S/c1-3-18-12(15)8(2)7-19(16,17)9-4-5-10(13)11(14)6-9/h4-6,8H,3,7H2,1-2H3. The quantitative estimate of drug-likeness (QED) is 0.614. The number of sulfone groups is 1. The van der Waals surface area contributed by atoms with Crippen LogP contribution in [0.1, 0.15) is 13.8 Å². The van der Waals surface area contributed by atoms with Crippen molar-refractivity contribution in [2.75, 3.05) is 12.4 Å². The van der Waals surface area contributed by atoms with Crippen molar-refractivity contribution < 1.29 is 26.7 Å². The summed E-state index contributed by atoms with van der Waals surface area (Å²) in [6, 6.07) is 2.30. The molecule has 0 fully saturated rings. The van der Waals surface area contributed by atoms with E-state index in [1.165, 1.54) is 6.92 Å². The van der Waals surface area contributed by atoms with Crippen molar-refractivity contribution >= 4 is 15.8 Å². The van der Waals surface area contributed by atoms with E-state index >= 15 is 0 Å². The van der Waals surface area contributed by atoms with Crippen molar-refractivity contribution in [3.63, 3.8) is 0 Å². The first-order chi connectivity index (χ1) is 8.77. The van der Waals surface area contributed by atoms with Gasteiger partial charge in [0.1, 0.15) is 0 Å². The van der Waals surface area contributed by atoms with Crippen molar-refractivity contribution in [1.29, 1.82) is 0 Å². The van der Waals surface area contributed by atoms with Crippen LogP contribution in [0.15, 0.2) is 23.1 Å². The fraction of sp³-hybridized carbons (Fsp3) is 0.417. The van der Waals surface area contributed by atoms with Gasteiger partial charge in [-0.25, -0.2) is 17.2 Å². The first-order valence-electron chi connectivity index (χ1n) is 5.62. The van der Waals surface area contributed by atoms with E-state index in [1.54, 1.807) is 6.92 Å². The molecule has 4 nitrogen and oxygen atoms in total. The highest BCUT2D eigenvalue weighted by Crippen LogP contribution is 2.18. The second kappa shape index (κ2) is 6.10. The Morgan fingerprint density at radius 3 is 2.47 bits per heavy atom. The predicted molar refractivity (Wildman–Crippen MR) is 64.2 cm³/mol. The lowest BCUT2D eigenvalue weighted by Crippen LogP contribution is -2.23. The van der Waals surface area contributed by atoms with E-state index in [4.69, 9.17) is 4.74 Å². The third kappa shape index (κ3) is 3.99. The van der Waals surface area contributed by atoms with Crippen molar-refractivity contribution in [1.82, 2.24) is 0 Å². The highest BCUT2D eigenvalue weighted by Gasteiger charge is 2.25. The Hall–Kier alpha value is -1.50. The molecule has 1 rings (SSSR count). The second-order valence-corrected chi connectivity index (χ2v) is 6.04. The molecule has 19 heavy (non-hydrogen) atoms. The third-order valence-corrected chi connectivity index (χ3v) is 4.32. The number of carbonyl (C=O) groups excluding carboxylic acids is 1. The Balaban J connectivity index is 2.92. The molecule has 1 atom stereocenters. The number of ether oxygens (including phenoxy) is 1. The minimum atomic E-state index is -3.87. The number of rotatable bonds is 5. The molecule has 0 N–H and O–H groups in total. The van der Waals surface area contributed by atoms with Crippen LogP contribution >= 0.6 is 0 Å². The third-order valence-electron chi connectivity index (χ3n) is 2.41. The van der Waals surface area contributed by atoms with Crippen LogP contribution in [0.25, 0.3) is 0 Å². The van der Waals surface area contributed by atoms with Crippen molar-refractivity contribution in [2.24, 2.45) is 5.92 Å². The zero-order valence-corrected chi connectivity index (χ0v) is 11.3. The Kier molecular flexibility index (Phi) is 4.99. The zero-order valence-electron chi connectivity index (χ0n) is 10.5. The largest absolute Gasteiger partial charge is 0.466 e. The zero-order chi connectivity index (χ0) is 14.6. The molecule has 0 amide bonds. The van der Waals surface area contributed by atoms with Gasteiger partial charge < -0.3 is 4.74 Å². The summed E-state index contributed by atoms with van der Waals surface area (Å²) in [4.78, 5) is 11.0. The maximum atomic E-state index is 13.0. The Morgan fingerprint density at radius 1 is 1.32 bits per heavy atom. The van der Waals surface area contributed by atoms with E-state index in [0.29, 0.717) is 6.07 Å². The van der Waals surface area contributed by atoms with Crippen LogP contribution in [0.5, 0.6) is 0 Å². The summed E-state index contributed by atoms with van der Waals surface area (Å²) in [6.07, 6.45) is 0. The summed E-state index contributed by atoms with van der Waals surface area (Å²) in [6.45, 7) is 3.15. The van der Waals surface area contributed by atoms with Crippen molar-refractivity contribution in [3.8, 4) is 0 Å². The SMILES string of the molecule is CCOC(=O)C(C)CS(=O)(=O)c1ccc(F)c(F)c1. The summed E-state index contributed by atoms with van der Waals surface area (Å²) in [5, 5.41) is 0. The number of benzene rings is 1. The second-order valence-electron chi connectivity index (χ2n) is 4.01. The van der Waals surface area contributed by atoms with Gasteiger partial charge in [0.05, 0.1) is 23.2 Å². The van der Waals surface area contributed by atoms with Gasteiger partial charge in [0.25, 0.3) is 0 Å². The average Bonchev–Trinajstić information content (AvgIpc) is 2.32. The number of halogens is 2. The van der Waals surface area contributed by atoms with Gasteiger partial charge in [0.15, 0.2) is 21.5 Å². The minimum Gasteiger partial charge on any atom is -0.466 e. The molecule has 0 heterocycles. The topological polar surface area (TPSA) is 60.4 Å². The normalized spacial score (nSPS) is 13.1. The number of carbonyl (C=O) groups is 1. The molecule has 0 aromatic heterocycles. The maximum absolute atomic E-state index is 13.0. The molecule has 106 valence electrons. The molecule has 0 saturated heterocycles. The van der Waals surface area contributed by atoms with E-state index in [9.17, 15) is 22.0 Å². The Labute approximate surface area is 110 Å². The van der Waals surface area contributed by atoms with Crippen LogP contribution in [-0.4, -0.2) is 26.7 Å². The molecule has 1 aromatic carbocycles. The van der Waals surface area contributed by atoms with Crippen LogP contribution in [0.2, 0.25) is 0 Å². The van der Waals surface area contributed by atoms with Crippen molar-refractivity contribution in [3.05, 3.63) is 29.8 Å². The number of hydrogen-bond acceptors (Lipinski definition) is 4. The molecule has 0 spiro atoms. The van der Waals surface area contributed by atoms with Gasteiger partial charge in [0.2, 0.25) is 0 Å². The van der Waals surface area contributed by atoms with Crippen molar-refractivity contribution in [2.45, 2.75) is 18.7 Å². The van der Waals surface area contributed by atoms with E-state index in [2.05, 4.69) is 0 Å². The lowest BCUT2D eigenvalue weighted by Gasteiger charge is -2.11. The molecule has 0 aliphatic rings. The fourth-order valence-electron chi connectivity index (χ4n) is 1.45. The van der Waals surface area contributed by atoms with E-state index in [-0.39, 0.29) is 11.5 Å². The van der Waals surface area contributed by atoms with E-state index in [1.807, 2.05) is 0 Å². The minimum absolute atomic E-state index is 0.147. The highest BCUT2D eigenvalue weighted by molar-refractivity contribution is 7.91. The summed E-state index contributed by atoms with van der Waals surface area (Å²) in [5.41, 5.74) is 0. The molecular formula is C12H14F2O4S. The summed E-state index contributed by atoms with van der Waals surface area (Å²) in [7, 11) is -3.87. The van der Waals surface area contributed by atoms with Gasteiger partial charge in [-0.05, 0) is 25.1 Å². The molecule has 0 aliphatic heterocycles. The lowest BCUT2D eigenvalue weighted by atomic mass is 10.2. The molecule has 0 bridgehead atoms. The summed E-state index contributed by atoms with van der Waals surface area (Å²) in [5.74, 6) is -4.41. The molecule has 0 radical (unpaired) electrons. The monoisotopic (exact) mass is 292 g/mol. The fourth-order valence-corrected chi connectivity index (χ4v) is 2.99. The molecule has 7 heteroatoms. The Morgan fingerprint density at radius 2 is 1.95 bits per heavy atom. The molecule has 1 aromatic rings. The summed E-state index contributed by atoms with van der Waals surface area (Å²) >= 11 is 0. The number of esters is 1. The van der Waals surface area contributed by atoms with Crippen LogP contribution < -0.4 is 0 Å². The highest BCUT2D eigenvalue weighted by atomic mass is 32.2. The van der Waals surface area contributed by atoms with Crippen LogP contribution in [0.3, 0.4) is 0 Å². The van der Waals surface area contributed by atoms with Gasteiger partial charge in [-0.15, -0.1) is 0 Å². The van der Waals surface area contributed by atoms with E-state index in [0.717, 1.165) is 12.1 Å². The first kappa shape index (κ1) is 15.6. The smallest absolute Gasteiger partial charge is 0.309 e. The molecule has 1 unspecified atom stereocenters. The van der Waals surface area contributed by atoms with Gasteiger partial charge in [0, 0.05) is 0 Å². The average molecular weight is 292 g/mol. The molecule has 0 aliphatic carbocycles. The first-order valence-corrected chi connectivity index (χ1v) is 7.27. The van der Waals surface area contributed by atoms with Gasteiger partial charge in [-0.2, -0.15) is 0 Å². The predicted octanol–water partition coefficient (Wildman–Crippen LogP) is 1.94. The van der Waals surface area contributed by atoms with Gasteiger partial charge >= 0.3 is 5.97 Å². The molecule has 0 saturated carbocycles. The lowest BCUT2D eigenvalue weighted by molar-refractivity contribution is -0.146. The Bertz CT molecular complexity index is 569. The maximum Gasteiger partial charge on any atom is 0.309 e. The number of hydrogen-bond donors (Lipinski definition) is 0.